The van der Waals surface area contributed by atoms with Crippen molar-refractivity contribution < 1.29 is 0 Å². The van der Waals surface area contributed by atoms with E-state index in [2.05, 4.69) is 27.2 Å². The number of nitrogens with zero attached hydrogens (tertiary/aromatic N) is 3. The quantitative estimate of drug-likeness (QED) is 0.939. The summed E-state index contributed by atoms with van der Waals surface area (Å²) < 4.78 is 0. The normalized spacial score (nSPS) is 20.6. The second-order valence-electron chi connectivity index (χ2n) is 4.58. The number of aryl methyl sites for hydroxylation is 1. The molecule has 2 N–H and O–H groups in total. The Bertz CT molecular complexity index is 534. The van der Waals surface area contributed by atoms with Crippen molar-refractivity contribution >= 4 is 27.8 Å². The molecule has 2 aromatic rings. The van der Waals surface area contributed by atoms with E-state index in [4.69, 9.17) is 5.73 Å². The van der Waals surface area contributed by atoms with Gasteiger partial charge in [0.05, 0.1) is 16.7 Å². The molecule has 0 saturated carbocycles. The van der Waals surface area contributed by atoms with E-state index in [9.17, 15) is 0 Å². The number of likely N-dealkylation sites (tertiary alicyclic amines) is 1. The van der Waals surface area contributed by atoms with Gasteiger partial charge in [0, 0.05) is 23.0 Å². The first-order chi connectivity index (χ1) is 8.72. The molecule has 0 radical (unpaired) electrons. The van der Waals surface area contributed by atoms with Gasteiger partial charge in [0.15, 0.2) is 5.13 Å². The number of rotatable bonds is 3. The lowest BCUT2D eigenvalue weighted by Gasteiger charge is -2.22. The highest BCUT2D eigenvalue weighted by atomic mass is 32.1. The van der Waals surface area contributed by atoms with Crippen molar-refractivity contribution in [3.8, 4) is 0 Å². The van der Waals surface area contributed by atoms with Crippen molar-refractivity contribution in [3.05, 3.63) is 27.2 Å². The van der Waals surface area contributed by atoms with Crippen molar-refractivity contribution in [2.24, 2.45) is 0 Å². The van der Waals surface area contributed by atoms with E-state index in [1.54, 1.807) is 22.7 Å². The Balaban J connectivity index is 1.75. The molecule has 6 heteroatoms. The van der Waals surface area contributed by atoms with Crippen molar-refractivity contribution in [2.75, 3.05) is 12.3 Å². The number of nitrogen functional groups attached to an aromatic ring is 1. The van der Waals surface area contributed by atoms with Gasteiger partial charge in [-0.1, -0.05) is 0 Å². The summed E-state index contributed by atoms with van der Waals surface area (Å²) in [7, 11) is 0. The van der Waals surface area contributed by atoms with Crippen LogP contribution in [0.4, 0.5) is 5.13 Å². The molecule has 0 bridgehead atoms. The van der Waals surface area contributed by atoms with E-state index in [1.165, 1.54) is 23.4 Å². The van der Waals surface area contributed by atoms with Crippen LogP contribution in [0.2, 0.25) is 0 Å². The fourth-order valence-electron chi connectivity index (χ4n) is 2.48. The summed E-state index contributed by atoms with van der Waals surface area (Å²) in [5.41, 5.74) is 6.91. The number of anilines is 1. The first-order valence-corrected chi connectivity index (χ1v) is 7.78. The Morgan fingerprint density at radius 2 is 2.44 bits per heavy atom. The third kappa shape index (κ3) is 2.41. The molecule has 3 rings (SSSR count). The summed E-state index contributed by atoms with van der Waals surface area (Å²) >= 11 is 3.32. The molecule has 0 spiro atoms. The number of thiazole rings is 2. The summed E-state index contributed by atoms with van der Waals surface area (Å²) in [6, 6.07) is 0.471. The Kier molecular flexibility index (Phi) is 3.32. The molecule has 18 heavy (non-hydrogen) atoms. The van der Waals surface area contributed by atoms with Gasteiger partial charge in [-0.15, -0.1) is 22.7 Å². The monoisotopic (exact) mass is 280 g/mol. The molecule has 2 aromatic heterocycles. The van der Waals surface area contributed by atoms with E-state index < -0.39 is 0 Å². The molecule has 1 fully saturated rings. The molecular weight excluding hydrogens is 264 g/mol. The minimum absolute atomic E-state index is 0.471. The number of nitrogens with two attached hydrogens (primary N) is 1. The van der Waals surface area contributed by atoms with E-state index in [0.717, 1.165) is 18.1 Å². The first-order valence-electron chi connectivity index (χ1n) is 6.08. The minimum Gasteiger partial charge on any atom is -0.375 e. The van der Waals surface area contributed by atoms with Crippen LogP contribution in [-0.4, -0.2) is 21.4 Å². The largest absolute Gasteiger partial charge is 0.375 e. The highest BCUT2D eigenvalue weighted by Gasteiger charge is 2.28. The summed E-state index contributed by atoms with van der Waals surface area (Å²) in [5.74, 6) is 0. The van der Waals surface area contributed by atoms with E-state index in [0.29, 0.717) is 11.2 Å². The van der Waals surface area contributed by atoms with E-state index in [-0.39, 0.29) is 0 Å². The molecule has 1 unspecified atom stereocenters. The Morgan fingerprint density at radius 3 is 3.11 bits per heavy atom. The predicted molar refractivity (Wildman–Crippen MR) is 75.8 cm³/mol. The summed E-state index contributed by atoms with van der Waals surface area (Å²) in [5, 5.41) is 4.00. The Hall–Kier alpha value is -0.980. The molecule has 0 aliphatic carbocycles. The maximum absolute atomic E-state index is 5.68. The number of hydrogen-bond donors (Lipinski definition) is 1. The molecule has 1 aliphatic rings. The average molecular weight is 280 g/mol. The molecule has 96 valence electrons. The molecule has 1 aliphatic heterocycles. The lowest BCUT2D eigenvalue weighted by atomic mass is 10.1. The molecular formula is C12H16N4S2. The lowest BCUT2D eigenvalue weighted by Crippen LogP contribution is -2.22. The minimum atomic E-state index is 0.471. The van der Waals surface area contributed by atoms with Gasteiger partial charge in [0.1, 0.15) is 0 Å². The maximum Gasteiger partial charge on any atom is 0.180 e. The van der Waals surface area contributed by atoms with Crippen LogP contribution in [0, 0.1) is 6.92 Å². The average Bonchev–Trinajstić information content (AvgIpc) is 3.01. The zero-order valence-electron chi connectivity index (χ0n) is 10.3. The van der Waals surface area contributed by atoms with Crippen LogP contribution in [0.1, 0.15) is 34.5 Å². The zero-order chi connectivity index (χ0) is 12.5. The molecule has 1 atom stereocenters. The van der Waals surface area contributed by atoms with E-state index >= 15 is 0 Å². The molecule has 4 nitrogen and oxygen atoms in total. The predicted octanol–water partition coefficient (Wildman–Crippen LogP) is 2.83. The molecule has 3 heterocycles. The van der Waals surface area contributed by atoms with Crippen LogP contribution in [-0.2, 0) is 6.54 Å². The van der Waals surface area contributed by atoms with Crippen LogP contribution in [0.25, 0.3) is 0 Å². The Morgan fingerprint density at radius 1 is 1.56 bits per heavy atom. The second kappa shape index (κ2) is 4.95. The van der Waals surface area contributed by atoms with Gasteiger partial charge in [-0.25, -0.2) is 9.97 Å². The third-order valence-corrected chi connectivity index (χ3v) is 4.88. The van der Waals surface area contributed by atoms with Crippen molar-refractivity contribution in [3.63, 3.8) is 0 Å². The van der Waals surface area contributed by atoms with Gasteiger partial charge in [0.25, 0.3) is 0 Å². The second-order valence-corrected chi connectivity index (χ2v) is 6.79. The smallest absolute Gasteiger partial charge is 0.180 e. The van der Waals surface area contributed by atoms with Crippen molar-refractivity contribution in [1.29, 1.82) is 0 Å². The third-order valence-electron chi connectivity index (χ3n) is 3.27. The fraction of sp³-hybridized carbons (Fsp3) is 0.500. The fourth-order valence-corrected chi connectivity index (χ4v) is 3.85. The Labute approximate surface area is 114 Å². The van der Waals surface area contributed by atoms with Crippen LogP contribution >= 0.6 is 22.7 Å². The van der Waals surface area contributed by atoms with Crippen LogP contribution < -0.4 is 5.73 Å². The lowest BCUT2D eigenvalue weighted by molar-refractivity contribution is 0.247. The van der Waals surface area contributed by atoms with Crippen LogP contribution in [0.5, 0.6) is 0 Å². The standard InChI is InChI=1S/C12H16N4S2/c1-8-15-10(7-17-8)11-3-2-4-16(11)6-9-5-14-12(13)18-9/h5,7,11H,2-4,6H2,1H3,(H2,13,14). The number of aromatic nitrogens is 2. The summed E-state index contributed by atoms with van der Waals surface area (Å²) in [4.78, 5) is 12.5. The van der Waals surface area contributed by atoms with Gasteiger partial charge < -0.3 is 5.73 Å². The van der Waals surface area contributed by atoms with Gasteiger partial charge >= 0.3 is 0 Å². The van der Waals surface area contributed by atoms with Gasteiger partial charge in [-0.05, 0) is 26.3 Å². The first kappa shape index (κ1) is 12.1. The van der Waals surface area contributed by atoms with E-state index in [1.807, 2.05) is 6.20 Å². The maximum atomic E-state index is 5.68. The van der Waals surface area contributed by atoms with Crippen molar-refractivity contribution in [1.82, 2.24) is 14.9 Å². The summed E-state index contributed by atoms with van der Waals surface area (Å²) in [6.07, 6.45) is 4.34. The highest BCUT2D eigenvalue weighted by molar-refractivity contribution is 7.15. The molecule has 0 aromatic carbocycles. The van der Waals surface area contributed by atoms with Gasteiger partial charge in [0.2, 0.25) is 0 Å². The topological polar surface area (TPSA) is 55.0 Å². The SMILES string of the molecule is Cc1nc(C2CCCN2Cc2cnc(N)s2)cs1. The summed E-state index contributed by atoms with van der Waals surface area (Å²) in [6.45, 7) is 4.15. The van der Waals surface area contributed by atoms with Crippen molar-refractivity contribution in [2.45, 2.75) is 32.4 Å². The molecule has 0 amide bonds. The van der Waals surface area contributed by atoms with Gasteiger partial charge in [-0.2, -0.15) is 0 Å². The molecule has 1 saturated heterocycles. The highest BCUT2D eigenvalue weighted by Crippen LogP contribution is 2.34. The van der Waals surface area contributed by atoms with Crippen LogP contribution in [0.3, 0.4) is 0 Å². The zero-order valence-corrected chi connectivity index (χ0v) is 11.9. The van der Waals surface area contributed by atoms with Gasteiger partial charge in [-0.3, -0.25) is 4.90 Å². The number of hydrogen-bond acceptors (Lipinski definition) is 6. The van der Waals surface area contributed by atoms with Crippen LogP contribution in [0.15, 0.2) is 11.6 Å².